The highest BCUT2D eigenvalue weighted by Gasteiger charge is 2.60. The summed E-state index contributed by atoms with van der Waals surface area (Å²) in [5.41, 5.74) is 0.690. The van der Waals surface area contributed by atoms with Crippen molar-refractivity contribution in [3.05, 3.63) is 70.7 Å². The van der Waals surface area contributed by atoms with E-state index in [0.717, 1.165) is 16.8 Å². The molecule has 4 N–H and O–H groups in total. The average Bonchev–Trinajstić information content (AvgIpc) is 3.45. The van der Waals surface area contributed by atoms with E-state index < -0.39 is 23.2 Å². The van der Waals surface area contributed by atoms with Gasteiger partial charge in [-0.15, -0.1) is 0 Å². The molecule has 226 valence electrons. The number of phenols is 1. The van der Waals surface area contributed by atoms with E-state index in [9.17, 15) is 23.1 Å². The number of para-hydroxylation sites is 2. The van der Waals surface area contributed by atoms with Crippen LogP contribution in [-0.2, 0) is 11.6 Å². The maximum Gasteiger partial charge on any atom is 0.416 e. The number of halogens is 4. The second-order valence-electron chi connectivity index (χ2n) is 11.8. The highest BCUT2D eigenvalue weighted by atomic mass is 35.5. The van der Waals surface area contributed by atoms with Gasteiger partial charge in [0.15, 0.2) is 22.3 Å². The number of aromatic nitrogens is 1. The van der Waals surface area contributed by atoms with Crippen LogP contribution in [0.25, 0.3) is 10.2 Å². The number of thiazole rings is 1. The number of hydrogen-bond donors (Lipinski definition) is 4. The summed E-state index contributed by atoms with van der Waals surface area (Å²) in [6.45, 7) is 5.94. The monoisotopic (exact) mass is 630 g/mol. The number of benzene rings is 3. The van der Waals surface area contributed by atoms with E-state index in [4.69, 9.17) is 11.6 Å². The number of piperidine rings is 1. The third kappa shape index (κ3) is 5.32. The molecule has 0 aliphatic carbocycles. The van der Waals surface area contributed by atoms with Gasteiger partial charge in [-0.2, -0.15) is 13.2 Å². The van der Waals surface area contributed by atoms with Crippen LogP contribution in [0.15, 0.2) is 54.6 Å². The zero-order chi connectivity index (χ0) is 30.6. The van der Waals surface area contributed by atoms with Gasteiger partial charge < -0.3 is 15.7 Å². The van der Waals surface area contributed by atoms with Gasteiger partial charge in [0.1, 0.15) is 5.69 Å². The number of hydrogen-bond acceptors (Lipinski definition) is 5. The molecule has 1 saturated heterocycles. The predicted molar refractivity (Wildman–Crippen MR) is 167 cm³/mol. The molecular formula is C31H32ClF3N5O2S+. The molecule has 2 aliphatic rings. The van der Waals surface area contributed by atoms with E-state index in [0.29, 0.717) is 66.1 Å². The molecule has 2 aliphatic heterocycles. The molecule has 3 heterocycles. The number of quaternary nitrogens is 1. The van der Waals surface area contributed by atoms with Gasteiger partial charge in [-0.3, -0.25) is 9.80 Å². The largest absolute Gasteiger partial charge is 0.503 e. The van der Waals surface area contributed by atoms with Gasteiger partial charge in [0.2, 0.25) is 0 Å². The first-order valence-electron chi connectivity index (χ1n) is 14.2. The summed E-state index contributed by atoms with van der Waals surface area (Å²) in [7, 11) is 0. The van der Waals surface area contributed by atoms with E-state index in [-0.39, 0.29) is 27.4 Å². The van der Waals surface area contributed by atoms with Crippen LogP contribution in [0.5, 0.6) is 5.75 Å². The van der Waals surface area contributed by atoms with Gasteiger partial charge in [-0.05, 0) is 62.3 Å². The Labute approximate surface area is 256 Å². The number of carbonyl (C=O) groups excluding carboxylic acids is 1. The van der Waals surface area contributed by atoms with E-state index in [2.05, 4.69) is 20.9 Å². The number of urea groups is 1. The van der Waals surface area contributed by atoms with E-state index in [1.165, 1.54) is 11.3 Å². The summed E-state index contributed by atoms with van der Waals surface area (Å²) >= 11 is 7.38. The molecule has 0 saturated carbocycles. The summed E-state index contributed by atoms with van der Waals surface area (Å²) in [6.07, 6.45) is -3.59. The molecule has 0 radical (unpaired) electrons. The molecule has 2 amide bonds. The highest BCUT2D eigenvalue weighted by molar-refractivity contribution is 7.22. The molecule has 4 aromatic rings. The van der Waals surface area contributed by atoms with Gasteiger partial charge in [0, 0.05) is 22.6 Å². The Morgan fingerprint density at radius 1 is 1.14 bits per heavy atom. The predicted octanol–water partition coefficient (Wildman–Crippen LogP) is 8.25. The Kier molecular flexibility index (Phi) is 7.56. The Bertz CT molecular complexity index is 1700. The first-order chi connectivity index (χ1) is 20.4. The minimum atomic E-state index is -4.59. The first kappa shape index (κ1) is 29.7. The van der Waals surface area contributed by atoms with Gasteiger partial charge in [-0.1, -0.05) is 48.9 Å². The minimum absolute atomic E-state index is 0.0150. The quantitative estimate of drug-likeness (QED) is 0.167. The normalized spacial score (nSPS) is 19.6. The number of nitrogens with zero attached hydrogens (tertiary/aromatic N) is 2. The van der Waals surface area contributed by atoms with Crippen LogP contribution in [0.1, 0.15) is 37.8 Å². The van der Waals surface area contributed by atoms with Crippen molar-refractivity contribution in [3.8, 4) is 5.75 Å². The highest BCUT2D eigenvalue weighted by Crippen LogP contribution is 2.61. The number of fused-ring (bicyclic) bond motifs is 3. The molecule has 6 rings (SSSR count). The lowest BCUT2D eigenvalue weighted by atomic mass is 9.73. The van der Waals surface area contributed by atoms with Crippen molar-refractivity contribution >= 4 is 61.4 Å². The van der Waals surface area contributed by atoms with Crippen LogP contribution in [-0.4, -0.2) is 42.3 Å². The number of rotatable bonds is 5. The van der Waals surface area contributed by atoms with Crippen molar-refractivity contribution in [2.45, 2.75) is 38.3 Å². The summed E-state index contributed by atoms with van der Waals surface area (Å²) in [6, 6.07) is 14.1. The lowest BCUT2D eigenvalue weighted by molar-refractivity contribution is -0.138. The SMILES string of the molecule is CC(C)C[N+]1(c2ccccc2NC(=O)Nc2nc3ccc(Cl)cc3s2)CC2(CCNCC2)c2c(C(F)(F)F)ccc(O)c21. The molecule has 1 aromatic heterocycles. The fourth-order valence-corrected chi connectivity index (χ4v) is 8.15. The van der Waals surface area contributed by atoms with Gasteiger partial charge in [0.05, 0.1) is 34.3 Å². The van der Waals surface area contributed by atoms with E-state index >= 15 is 0 Å². The number of phenolic OH excluding ortho intramolecular Hbond substituents is 1. The molecule has 0 bridgehead atoms. The molecule has 1 unspecified atom stereocenters. The number of amides is 2. The smallest absolute Gasteiger partial charge is 0.416 e. The average molecular weight is 631 g/mol. The number of alkyl halides is 3. The Morgan fingerprint density at radius 2 is 1.88 bits per heavy atom. The second kappa shape index (κ2) is 11.0. The third-order valence-corrected chi connectivity index (χ3v) is 9.58. The van der Waals surface area contributed by atoms with Crippen molar-refractivity contribution in [3.63, 3.8) is 0 Å². The van der Waals surface area contributed by atoms with Crippen molar-refractivity contribution in [1.29, 1.82) is 0 Å². The van der Waals surface area contributed by atoms with Crippen LogP contribution in [0.3, 0.4) is 0 Å². The van der Waals surface area contributed by atoms with Crippen molar-refractivity contribution in [2.75, 3.05) is 36.8 Å². The summed E-state index contributed by atoms with van der Waals surface area (Å²) in [5, 5.41) is 21.3. The molecule has 43 heavy (non-hydrogen) atoms. The van der Waals surface area contributed by atoms with Crippen molar-refractivity contribution in [2.24, 2.45) is 5.92 Å². The zero-order valence-corrected chi connectivity index (χ0v) is 25.3. The summed E-state index contributed by atoms with van der Waals surface area (Å²) < 4.78 is 44.6. The second-order valence-corrected chi connectivity index (χ2v) is 13.3. The Hall–Kier alpha value is -3.38. The van der Waals surface area contributed by atoms with Gasteiger partial charge >= 0.3 is 12.2 Å². The van der Waals surface area contributed by atoms with E-state index in [1.807, 2.05) is 26.0 Å². The Morgan fingerprint density at radius 3 is 2.60 bits per heavy atom. The van der Waals surface area contributed by atoms with Crippen LogP contribution < -0.4 is 20.4 Å². The number of anilines is 2. The lowest BCUT2D eigenvalue weighted by Gasteiger charge is -2.40. The van der Waals surface area contributed by atoms with Gasteiger partial charge in [0.25, 0.3) is 0 Å². The fourth-order valence-electron chi connectivity index (χ4n) is 7.01. The van der Waals surface area contributed by atoms with Crippen LogP contribution in [0.2, 0.25) is 5.02 Å². The Balaban J connectivity index is 1.46. The van der Waals surface area contributed by atoms with Crippen LogP contribution in [0, 0.1) is 5.92 Å². The molecule has 7 nitrogen and oxygen atoms in total. The maximum atomic E-state index is 14.6. The molecule has 1 fully saturated rings. The maximum absolute atomic E-state index is 14.6. The first-order valence-corrected chi connectivity index (χ1v) is 15.4. The number of carbonyl (C=O) groups is 1. The van der Waals surface area contributed by atoms with Crippen LogP contribution >= 0.6 is 22.9 Å². The molecule has 12 heteroatoms. The van der Waals surface area contributed by atoms with Crippen molar-refractivity contribution < 1.29 is 23.1 Å². The zero-order valence-electron chi connectivity index (χ0n) is 23.7. The molecule has 1 spiro atoms. The molecule has 1 atom stereocenters. The topological polar surface area (TPSA) is 86.3 Å². The van der Waals surface area contributed by atoms with E-state index in [1.54, 1.807) is 30.3 Å². The molecule has 3 aromatic carbocycles. The van der Waals surface area contributed by atoms with Crippen molar-refractivity contribution in [1.82, 2.24) is 14.8 Å². The van der Waals surface area contributed by atoms with Crippen LogP contribution in [0.4, 0.5) is 40.2 Å². The lowest BCUT2D eigenvalue weighted by Crippen LogP contribution is -2.52. The minimum Gasteiger partial charge on any atom is -0.503 e. The molecular weight excluding hydrogens is 599 g/mol. The summed E-state index contributed by atoms with van der Waals surface area (Å²) in [5.74, 6) is -0.124. The standard InChI is InChI=1S/C31H31ClF3N5O2S/c1-18(2)16-40(17-30(11-13-36-14-12-30)26-20(31(33,34)35)8-10-24(41)27(26)40)23-6-4-3-5-21(23)37-28(42)39-29-38-22-9-7-19(32)15-25(22)43-29/h3-10,15,18,36H,11-14,16-17H2,1-2H3,(H2-,37,38,39,41,42)/p+1. The number of nitrogens with one attached hydrogen (secondary N) is 3. The fraction of sp³-hybridized carbons (Fsp3) is 0.355. The van der Waals surface area contributed by atoms with Gasteiger partial charge in [-0.25, -0.2) is 9.78 Å². The summed E-state index contributed by atoms with van der Waals surface area (Å²) in [4.78, 5) is 17.8. The number of aromatic hydroxyl groups is 1. The third-order valence-electron chi connectivity index (χ3n) is 8.41.